The topological polar surface area (TPSA) is 76.0 Å². The van der Waals surface area contributed by atoms with Gasteiger partial charge in [0.1, 0.15) is 12.4 Å². The number of aliphatic hydroxyl groups is 2. The zero-order valence-corrected chi connectivity index (χ0v) is 21.8. The summed E-state index contributed by atoms with van der Waals surface area (Å²) in [6.07, 6.45) is 7.77. The van der Waals surface area contributed by atoms with Gasteiger partial charge in [0.05, 0.1) is 12.2 Å². The van der Waals surface area contributed by atoms with Crippen LogP contribution in [-0.2, 0) is 29.0 Å². The van der Waals surface area contributed by atoms with Crippen molar-refractivity contribution in [3.63, 3.8) is 0 Å². The van der Waals surface area contributed by atoms with Crippen molar-refractivity contribution in [2.45, 2.75) is 90.4 Å². The molecule has 0 aliphatic heterocycles. The van der Waals surface area contributed by atoms with Crippen LogP contribution in [0.5, 0.6) is 5.75 Å². The van der Waals surface area contributed by atoms with E-state index in [0.717, 1.165) is 74.7 Å². The van der Waals surface area contributed by atoms with Crippen LogP contribution in [-0.4, -0.2) is 35.0 Å². The first-order valence-electron chi connectivity index (χ1n) is 13.7. The van der Waals surface area contributed by atoms with Crippen LogP contribution in [0.1, 0.15) is 75.5 Å². The van der Waals surface area contributed by atoms with Crippen molar-refractivity contribution in [1.29, 1.82) is 0 Å². The fourth-order valence-electron chi connectivity index (χ4n) is 6.41. The molecule has 0 heterocycles. The monoisotopic (exact) mass is 494 g/mol. The molecule has 2 aliphatic carbocycles. The van der Waals surface area contributed by atoms with Crippen LogP contribution in [0.25, 0.3) is 0 Å². The first-order valence-corrected chi connectivity index (χ1v) is 13.7. The highest BCUT2D eigenvalue weighted by Crippen LogP contribution is 2.55. The Morgan fingerprint density at radius 2 is 1.92 bits per heavy atom. The molecular formula is C31H42O5. The molecule has 0 radical (unpaired) electrons. The quantitative estimate of drug-likeness (QED) is 0.295. The van der Waals surface area contributed by atoms with E-state index in [1.54, 1.807) is 0 Å². The SMILES string of the molecule is CCCCC[C@@H](O)CC[C@@H]1[C@@H](O)C[C@@]2(C)Cc3c(cccc3OCC(=O)OCc3ccccc3)C[C@@H]12. The first kappa shape index (κ1) is 26.7. The molecule has 2 N–H and O–H groups in total. The van der Waals surface area contributed by atoms with Crippen molar-refractivity contribution in [1.82, 2.24) is 0 Å². The highest BCUT2D eigenvalue weighted by molar-refractivity contribution is 5.71. The lowest BCUT2D eigenvalue weighted by atomic mass is 9.65. The average Bonchev–Trinajstić information content (AvgIpc) is 3.12. The van der Waals surface area contributed by atoms with Crippen LogP contribution >= 0.6 is 0 Å². The molecule has 0 spiro atoms. The Balaban J connectivity index is 1.36. The number of benzene rings is 2. The van der Waals surface area contributed by atoms with Gasteiger partial charge in [0.15, 0.2) is 6.61 Å². The highest BCUT2D eigenvalue weighted by atomic mass is 16.6. The van der Waals surface area contributed by atoms with Crippen LogP contribution in [0.4, 0.5) is 0 Å². The summed E-state index contributed by atoms with van der Waals surface area (Å²) in [7, 11) is 0. The van der Waals surface area contributed by atoms with Crippen LogP contribution in [0, 0.1) is 17.3 Å². The van der Waals surface area contributed by atoms with Gasteiger partial charge in [-0.25, -0.2) is 4.79 Å². The first-order chi connectivity index (χ1) is 17.4. The van der Waals surface area contributed by atoms with E-state index in [-0.39, 0.29) is 42.7 Å². The Kier molecular flexibility index (Phi) is 9.08. The van der Waals surface area contributed by atoms with Gasteiger partial charge < -0.3 is 19.7 Å². The largest absolute Gasteiger partial charge is 0.482 e. The van der Waals surface area contributed by atoms with Crippen molar-refractivity contribution < 1.29 is 24.5 Å². The molecule has 1 fully saturated rings. The van der Waals surface area contributed by atoms with Gasteiger partial charge in [-0.05, 0) is 78.5 Å². The third-order valence-corrected chi connectivity index (χ3v) is 8.39. The molecular weight excluding hydrogens is 452 g/mol. The lowest BCUT2D eigenvalue weighted by Gasteiger charge is -2.40. The maximum Gasteiger partial charge on any atom is 0.344 e. The number of fused-ring (bicyclic) bond motifs is 2. The smallest absolute Gasteiger partial charge is 0.344 e. The van der Waals surface area contributed by atoms with Gasteiger partial charge in [-0.15, -0.1) is 0 Å². The van der Waals surface area contributed by atoms with Gasteiger partial charge in [-0.1, -0.05) is 75.6 Å². The third-order valence-electron chi connectivity index (χ3n) is 8.39. The number of hydrogen-bond donors (Lipinski definition) is 2. The van der Waals surface area contributed by atoms with E-state index in [9.17, 15) is 15.0 Å². The normalized spacial score (nSPS) is 25.6. The van der Waals surface area contributed by atoms with E-state index in [1.165, 1.54) is 5.56 Å². The van der Waals surface area contributed by atoms with Crippen LogP contribution < -0.4 is 4.74 Å². The molecule has 1 saturated carbocycles. The summed E-state index contributed by atoms with van der Waals surface area (Å²) in [5, 5.41) is 21.5. The Bertz CT molecular complexity index is 990. The highest BCUT2D eigenvalue weighted by Gasteiger charge is 2.52. The lowest BCUT2D eigenvalue weighted by Crippen LogP contribution is -2.35. The Morgan fingerprint density at radius 1 is 1.11 bits per heavy atom. The second-order valence-corrected chi connectivity index (χ2v) is 11.1. The summed E-state index contributed by atoms with van der Waals surface area (Å²) in [6, 6.07) is 15.7. The molecule has 2 aromatic rings. The van der Waals surface area contributed by atoms with Gasteiger partial charge in [-0.3, -0.25) is 0 Å². The molecule has 0 bridgehead atoms. The molecule has 2 aliphatic rings. The van der Waals surface area contributed by atoms with Gasteiger partial charge in [0.25, 0.3) is 0 Å². The molecule has 196 valence electrons. The zero-order valence-electron chi connectivity index (χ0n) is 21.8. The molecule has 0 amide bonds. The standard InChI is InChI=1S/C31H42O5/c1-3-4-6-13-24(32)15-16-25-27-17-23-12-9-14-29(26(23)18-31(27,2)19-28(25)33)35-21-30(34)36-20-22-10-7-5-8-11-22/h5,7-12,14,24-25,27-28,32-33H,3-4,6,13,15-21H2,1-2H3/t24-,25+,27+,28+,31-/m1/s1. The summed E-state index contributed by atoms with van der Waals surface area (Å²) in [5.41, 5.74) is 3.33. The molecule has 5 nitrogen and oxygen atoms in total. The molecule has 5 heteroatoms. The second kappa shape index (κ2) is 12.2. The Morgan fingerprint density at radius 3 is 2.69 bits per heavy atom. The fraction of sp³-hybridized carbons (Fsp3) is 0.581. The maximum absolute atomic E-state index is 12.3. The summed E-state index contributed by atoms with van der Waals surface area (Å²) in [6.45, 7) is 4.58. The Hall–Kier alpha value is -2.37. The summed E-state index contributed by atoms with van der Waals surface area (Å²) < 4.78 is 11.3. The molecule has 0 saturated heterocycles. The van der Waals surface area contributed by atoms with Crippen LogP contribution in [0.3, 0.4) is 0 Å². The summed E-state index contributed by atoms with van der Waals surface area (Å²) >= 11 is 0. The predicted molar refractivity (Wildman–Crippen MR) is 141 cm³/mol. The molecule has 2 aromatic carbocycles. The number of rotatable bonds is 12. The summed E-state index contributed by atoms with van der Waals surface area (Å²) in [4.78, 5) is 12.3. The van der Waals surface area contributed by atoms with E-state index < -0.39 is 0 Å². The minimum Gasteiger partial charge on any atom is -0.482 e. The number of aliphatic hydroxyl groups excluding tert-OH is 2. The van der Waals surface area contributed by atoms with Gasteiger partial charge in [0, 0.05) is 0 Å². The number of unbranched alkanes of at least 4 members (excludes halogenated alkanes) is 2. The average molecular weight is 495 g/mol. The fourth-order valence-corrected chi connectivity index (χ4v) is 6.41. The Labute approximate surface area is 215 Å². The minimum atomic E-state index is -0.384. The zero-order chi connectivity index (χ0) is 25.5. The number of carbonyl (C=O) groups excluding carboxylic acids is 1. The number of carbonyl (C=O) groups is 1. The summed E-state index contributed by atoms with van der Waals surface area (Å²) in [5.74, 6) is 0.953. The molecule has 4 rings (SSSR count). The van der Waals surface area contributed by atoms with Gasteiger partial charge in [-0.2, -0.15) is 0 Å². The van der Waals surface area contributed by atoms with Crippen LogP contribution in [0.2, 0.25) is 0 Å². The van der Waals surface area contributed by atoms with E-state index in [2.05, 4.69) is 19.9 Å². The molecule has 0 aromatic heterocycles. The second-order valence-electron chi connectivity index (χ2n) is 11.1. The van der Waals surface area contributed by atoms with E-state index >= 15 is 0 Å². The van der Waals surface area contributed by atoms with E-state index in [0.29, 0.717) is 5.92 Å². The number of esters is 1. The maximum atomic E-state index is 12.3. The van der Waals surface area contributed by atoms with Crippen molar-refractivity contribution in [2.24, 2.45) is 17.3 Å². The van der Waals surface area contributed by atoms with Crippen molar-refractivity contribution in [2.75, 3.05) is 6.61 Å². The van der Waals surface area contributed by atoms with Crippen LogP contribution in [0.15, 0.2) is 48.5 Å². The van der Waals surface area contributed by atoms with Gasteiger partial charge in [0.2, 0.25) is 0 Å². The van der Waals surface area contributed by atoms with Crippen molar-refractivity contribution in [3.05, 3.63) is 65.2 Å². The van der Waals surface area contributed by atoms with Gasteiger partial charge >= 0.3 is 5.97 Å². The molecule has 36 heavy (non-hydrogen) atoms. The van der Waals surface area contributed by atoms with Crippen molar-refractivity contribution in [3.8, 4) is 5.75 Å². The molecule has 0 unspecified atom stereocenters. The lowest BCUT2D eigenvalue weighted by molar-refractivity contribution is -0.147. The number of hydrogen-bond acceptors (Lipinski definition) is 5. The number of ether oxygens (including phenoxy) is 2. The predicted octanol–water partition coefficient (Wildman–Crippen LogP) is 5.63. The third kappa shape index (κ3) is 6.49. The minimum absolute atomic E-state index is 0.0163. The molecule has 5 atom stereocenters. The van der Waals surface area contributed by atoms with Crippen molar-refractivity contribution >= 4 is 5.97 Å². The van der Waals surface area contributed by atoms with E-state index in [4.69, 9.17) is 9.47 Å². The van der Waals surface area contributed by atoms with E-state index in [1.807, 2.05) is 42.5 Å².